The van der Waals surface area contributed by atoms with E-state index in [0.29, 0.717) is 6.42 Å². The molecule has 0 aliphatic carbocycles. The van der Waals surface area contributed by atoms with E-state index in [4.69, 9.17) is 9.05 Å². The summed E-state index contributed by atoms with van der Waals surface area (Å²) in [7, 11) is -0.187. The fourth-order valence-corrected chi connectivity index (χ4v) is 3.35. The second-order valence-corrected chi connectivity index (χ2v) is 7.81. The third-order valence-electron chi connectivity index (χ3n) is 3.68. The number of unbranched alkanes of at least 4 members (excludes halogenated alkanes) is 7. The number of aliphatic hydroxyl groups excluding tert-OH is 1. The van der Waals surface area contributed by atoms with E-state index in [9.17, 15) is 9.67 Å². The van der Waals surface area contributed by atoms with Crippen LogP contribution in [0.2, 0.25) is 0 Å². The normalized spacial score (nSPS) is 13.6. The van der Waals surface area contributed by atoms with E-state index in [1.807, 2.05) is 0 Å². The summed E-state index contributed by atoms with van der Waals surface area (Å²) in [6.45, 7) is 2.23. The van der Waals surface area contributed by atoms with Gasteiger partial charge in [-0.15, -0.1) is 0 Å². The summed E-state index contributed by atoms with van der Waals surface area (Å²) in [5.74, 6) is 0. The van der Waals surface area contributed by atoms with Crippen LogP contribution in [0, 0.1) is 0 Å². The van der Waals surface area contributed by atoms with Crippen LogP contribution in [0.3, 0.4) is 0 Å². The molecule has 0 bridgehead atoms. The Hall–Kier alpha value is 0.110. The molecular weight excluding hydrogens is 275 g/mol. The zero-order valence-corrected chi connectivity index (χ0v) is 14.4. The molecule has 1 unspecified atom stereocenters. The molecule has 0 saturated heterocycles. The van der Waals surface area contributed by atoms with Gasteiger partial charge in [0.15, 0.2) is 0 Å². The SMILES string of the molecule is CCCCCCCCCCC(O)CCP(=O)(OC)OC. The fourth-order valence-electron chi connectivity index (χ4n) is 2.22. The van der Waals surface area contributed by atoms with Crippen LogP contribution in [0.15, 0.2) is 0 Å². The van der Waals surface area contributed by atoms with E-state index in [1.54, 1.807) is 0 Å². The summed E-state index contributed by atoms with van der Waals surface area (Å²) in [5.41, 5.74) is 0. The first-order chi connectivity index (χ1) is 9.58. The Morgan fingerprint density at radius 1 is 0.900 bits per heavy atom. The van der Waals surface area contributed by atoms with Crippen LogP contribution in [-0.4, -0.2) is 31.6 Å². The highest BCUT2D eigenvalue weighted by molar-refractivity contribution is 7.53. The lowest BCUT2D eigenvalue weighted by atomic mass is 10.0. The first kappa shape index (κ1) is 20.1. The molecule has 0 radical (unpaired) electrons. The summed E-state index contributed by atoms with van der Waals surface area (Å²) in [4.78, 5) is 0. The quantitative estimate of drug-likeness (QED) is 0.371. The van der Waals surface area contributed by atoms with Crippen molar-refractivity contribution in [3.05, 3.63) is 0 Å². The second-order valence-electron chi connectivity index (χ2n) is 5.41. The summed E-state index contributed by atoms with van der Waals surface area (Å²) >= 11 is 0. The van der Waals surface area contributed by atoms with Gasteiger partial charge in [-0.25, -0.2) is 0 Å². The van der Waals surface area contributed by atoms with Gasteiger partial charge in [-0.3, -0.25) is 4.57 Å². The Kier molecular flexibility index (Phi) is 12.9. The van der Waals surface area contributed by atoms with Crippen molar-refractivity contribution in [1.29, 1.82) is 0 Å². The molecule has 0 aliphatic heterocycles. The number of aliphatic hydroxyl groups is 1. The number of hydrogen-bond acceptors (Lipinski definition) is 4. The Morgan fingerprint density at radius 2 is 1.40 bits per heavy atom. The maximum absolute atomic E-state index is 11.8. The summed E-state index contributed by atoms with van der Waals surface area (Å²) in [5, 5.41) is 9.84. The zero-order chi connectivity index (χ0) is 15.3. The third kappa shape index (κ3) is 10.8. The van der Waals surface area contributed by atoms with Crippen molar-refractivity contribution in [3.63, 3.8) is 0 Å². The molecule has 0 heterocycles. The highest BCUT2D eigenvalue weighted by atomic mass is 31.2. The summed E-state index contributed by atoms with van der Waals surface area (Å²) in [6, 6.07) is 0. The van der Waals surface area contributed by atoms with E-state index in [1.165, 1.54) is 59.2 Å². The second kappa shape index (κ2) is 12.8. The van der Waals surface area contributed by atoms with Gasteiger partial charge >= 0.3 is 7.60 Å². The maximum atomic E-state index is 11.8. The molecule has 0 amide bonds. The van der Waals surface area contributed by atoms with E-state index in [0.717, 1.165) is 12.8 Å². The van der Waals surface area contributed by atoms with Gasteiger partial charge in [0.25, 0.3) is 0 Å². The van der Waals surface area contributed by atoms with Gasteiger partial charge in [0.2, 0.25) is 0 Å². The minimum absolute atomic E-state index is 0.290. The van der Waals surface area contributed by atoms with E-state index in [-0.39, 0.29) is 6.16 Å². The van der Waals surface area contributed by atoms with Gasteiger partial charge < -0.3 is 14.2 Å². The Balaban J connectivity index is 3.45. The van der Waals surface area contributed by atoms with Crippen LogP contribution in [0.1, 0.15) is 71.1 Å². The minimum Gasteiger partial charge on any atom is -0.393 e. The van der Waals surface area contributed by atoms with Crippen molar-refractivity contribution in [2.75, 3.05) is 20.4 Å². The Bertz CT molecular complexity index is 250. The average Bonchev–Trinajstić information content (AvgIpc) is 2.47. The van der Waals surface area contributed by atoms with Crippen LogP contribution in [0.4, 0.5) is 0 Å². The van der Waals surface area contributed by atoms with Gasteiger partial charge in [-0.05, 0) is 12.8 Å². The predicted octanol–water partition coefficient (Wildman–Crippen LogP) is 4.75. The van der Waals surface area contributed by atoms with Gasteiger partial charge in [-0.2, -0.15) is 0 Å². The zero-order valence-electron chi connectivity index (χ0n) is 13.5. The minimum atomic E-state index is -2.96. The van der Waals surface area contributed by atoms with Gasteiger partial charge in [0.05, 0.1) is 12.3 Å². The standard InChI is InChI=1S/C15H33O4P/c1-4-5-6-7-8-9-10-11-12-15(16)13-14-20(17,18-2)19-3/h15-16H,4-14H2,1-3H3. The largest absolute Gasteiger partial charge is 0.393 e. The van der Waals surface area contributed by atoms with Crippen LogP contribution < -0.4 is 0 Å². The molecular formula is C15H33O4P. The fraction of sp³-hybridized carbons (Fsp3) is 1.00. The van der Waals surface area contributed by atoms with Gasteiger partial charge in [-0.1, -0.05) is 58.3 Å². The maximum Gasteiger partial charge on any atom is 0.330 e. The molecule has 5 heteroatoms. The highest BCUT2D eigenvalue weighted by Crippen LogP contribution is 2.47. The van der Waals surface area contributed by atoms with E-state index in [2.05, 4.69) is 6.92 Å². The molecule has 0 fully saturated rings. The van der Waals surface area contributed by atoms with Gasteiger partial charge in [0.1, 0.15) is 0 Å². The lowest BCUT2D eigenvalue weighted by Crippen LogP contribution is -2.10. The van der Waals surface area contributed by atoms with Gasteiger partial charge in [0, 0.05) is 14.2 Å². The lowest BCUT2D eigenvalue weighted by Gasteiger charge is -2.16. The first-order valence-electron chi connectivity index (χ1n) is 7.96. The monoisotopic (exact) mass is 308 g/mol. The van der Waals surface area contributed by atoms with Crippen LogP contribution in [0.5, 0.6) is 0 Å². The van der Waals surface area contributed by atoms with Crippen LogP contribution in [-0.2, 0) is 13.6 Å². The molecule has 122 valence electrons. The third-order valence-corrected chi connectivity index (χ3v) is 5.60. The topological polar surface area (TPSA) is 55.8 Å². The summed E-state index contributed by atoms with van der Waals surface area (Å²) < 4.78 is 21.5. The molecule has 0 spiro atoms. The van der Waals surface area contributed by atoms with Crippen LogP contribution in [0.25, 0.3) is 0 Å². The Labute approximate surface area is 124 Å². The molecule has 1 N–H and O–H groups in total. The molecule has 0 aliphatic rings. The smallest absolute Gasteiger partial charge is 0.330 e. The van der Waals surface area contributed by atoms with Crippen molar-refractivity contribution in [2.24, 2.45) is 0 Å². The molecule has 1 atom stereocenters. The van der Waals surface area contributed by atoms with Crippen LogP contribution >= 0.6 is 7.60 Å². The molecule has 20 heavy (non-hydrogen) atoms. The molecule has 0 rings (SSSR count). The molecule has 0 aromatic rings. The van der Waals surface area contributed by atoms with Crippen molar-refractivity contribution >= 4 is 7.60 Å². The Morgan fingerprint density at radius 3 is 1.90 bits per heavy atom. The molecule has 0 aromatic carbocycles. The number of hydrogen-bond donors (Lipinski definition) is 1. The summed E-state index contributed by atoms with van der Waals surface area (Å²) in [6.07, 6.45) is 11.3. The molecule has 4 nitrogen and oxygen atoms in total. The molecule has 0 saturated carbocycles. The van der Waals surface area contributed by atoms with Crippen molar-refractivity contribution in [3.8, 4) is 0 Å². The van der Waals surface area contributed by atoms with Crippen molar-refractivity contribution < 1.29 is 18.7 Å². The first-order valence-corrected chi connectivity index (χ1v) is 9.69. The predicted molar refractivity (Wildman–Crippen MR) is 84.3 cm³/mol. The average molecular weight is 308 g/mol. The molecule has 0 aromatic heterocycles. The lowest BCUT2D eigenvalue weighted by molar-refractivity contribution is 0.153. The highest BCUT2D eigenvalue weighted by Gasteiger charge is 2.22. The number of rotatable bonds is 14. The van der Waals surface area contributed by atoms with E-state index < -0.39 is 13.7 Å². The van der Waals surface area contributed by atoms with Crippen molar-refractivity contribution in [2.45, 2.75) is 77.2 Å². The van der Waals surface area contributed by atoms with E-state index >= 15 is 0 Å². The van der Waals surface area contributed by atoms with Crippen molar-refractivity contribution in [1.82, 2.24) is 0 Å².